The van der Waals surface area contributed by atoms with Crippen LogP contribution in [0.25, 0.3) is 72.7 Å². The highest BCUT2D eigenvalue weighted by Crippen LogP contribution is 2.48. The molecule has 0 atom stereocenters. The van der Waals surface area contributed by atoms with E-state index < -0.39 is 26.0 Å². The first-order chi connectivity index (χ1) is 38.2. The van der Waals surface area contributed by atoms with E-state index in [9.17, 15) is 9.22 Å². The summed E-state index contributed by atoms with van der Waals surface area (Å²) in [4.78, 5) is 10.5. The number of nitrogens with zero attached hydrogens (tertiary/aromatic N) is 3. The number of hydrogen-bond donors (Lipinski definition) is 1. The zero-order chi connectivity index (χ0) is 60.4. The van der Waals surface area contributed by atoms with Crippen LogP contribution in [0.1, 0.15) is 199 Å². The number of imidazole rings is 1. The number of pyridine rings is 1. The standard InChI is InChI=1S/C69H83N3O/c1-18-68(16,19-2)57-25-23-26-58(69(17,20-3)21-4)62(57)48-30-33-60(45(9)36-48)72-61-27-22-24-54(63(61)71-65(72)56-41-49(43(5)6)40-55(44(7)8)64(56)73)50-37-51(39-53(38-50)67(13,14)15)59-42-47(34-35-70-59)46-28-31-52(32-29-46)66(10,11)12/h22-44,73H,18-21H2,1-17H3/i9D3,10D3,11D3. The molecule has 2 aromatic heterocycles. The highest BCUT2D eigenvalue weighted by atomic mass is 16.3. The molecule has 0 aliphatic carbocycles. The molecular weight excluding hydrogens is 887 g/mol. The molecule has 8 rings (SSSR count). The fourth-order valence-electron chi connectivity index (χ4n) is 10.5. The van der Waals surface area contributed by atoms with Crippen molar-refractivity contribution in [3.63, 3.8) is 0 Å². The maximum absolute atomic E-state index is 12.5. The minimum atomic E-state index is -2.78. The highest BCUT2D eigenvalue weighted by molar-refractivity contribution is 5.97. The summed E-state index contributed by atoms with van der Waals surface area (Å²) >= 11 is 0. The van der Waals surface area contributed by atoms with Crippen LogP contribution in [0.3, 0.4) is 0 Å². The first kappa shape index (κ1) is 42.1. The number of aryl methyl sites for hydroxylation is 1. The lowest BCUT2D eigenvalue weighted by Gasteiger charge is -2.36. The van der Waals surface area contributed by atoms with Crippen molar-refractivity contribution in [2.45, 2.75) is 177 Å². The maximum atomic E-state index is 12.5. The molecule has 73 heavy (non-hydrogen) atoms. The maximum Gasteiger partial charge on any atom is 0.149 e. The van der Waals surface area contributed by atoms with Gasteiger partial charge in [-0.15, -0.1) is 0 Å². The molecule has 4 nitrogen and oxygen atoms in total. The average Bonchev–Trinajstić information content (AvgIpc) is 3.57. The van der Waals surface area contributed by atoms with E-state index >= 15 is 0 Å². The molecule has 4 heteroatoms. The first-order valence-electron chi connectivity index (χ1n) is 31.1. The monoisotopic (exact) mass is 979 g/mol. The number of para-hydroxylation sites is 1. The fraction of sp³-hybridized carbons (Fsp3) is 0.391. The predicted octanol–water partition coefficient (Wildman–Crippen LogP) is 19.8. The van der Waals surface area contributed by atoms with Gasteiger partial charge in [0.05, 0.1) is 28.0 Å². The predicted molar refractivity (Wildman–Crippen MR) is 314 cm³/mol. The van der Waals surface area contributed by atoms with Crippen molar-refractivity contribution in [3.05, 3.63) is 166 Å². The molecule has 0 aliphatic heterocycles. The van der Waals surface area contributed by atoms with Gasteiger partial charge in [0, 0.05) is 29.7 Å². The Hall–Kier alpha value is -6.26. The molecule has 0 bridgehead atoms. The summed E-state index contributed by atoms with van der Waals surface area (Å²) in [6.45, 7) is 21.6. The Labute approximate surface area is 452 Å². The Morgan fingerprint density at radius 3 is 1.79 bits per heavy atom. The van der Waals surface area contributed by atoms with Gasteiger partial charge in [0.1, 0.15) is 11.6 Å². The van der Waals surface area contributed by atoms with Crippen LogP contribution in [0.4, 0.5) is 0 Å². The normalized spacial score (nSPS) is 15.0. The van der Waals surface area contributed by atoms with Gasteiger partial charge in [0.15, 0.2) is 0 Å². The van der Waals surface area contributed by atoms with E-state index in [-0.39, 0.29) is 45.0 Å². The third kappa shape index (κ3) is 10.1. The van der Waals surface area contributed by atoms with Crippen LogP contribution in [0.15, 0.2) is 128 Å². The summed E-state index contributed by atoms with van der Waals surface area (Å²) in [5.41, 5.74) is 11.8. The number of rotatable bonds is 14. The van der Waals surface area contributed by atoms with Crippen LogP contribution in [-0.4, -0.2) is 19.6 Å². The quantitative estimate of drug-likeness (QED) is 0.118. The van der Waals surface area contributed by atoms with Crippen LogP contribution in [0.5, 0.6) is 5.75 Å². The average molecular weight is 979 g/mol. The summed E-state index contributed by atoms with van der Waals surface area (Å²) in [7, 11) is 0. The van der Waals surface area contributed by atoms with Crippen molar-refractivity contribution in [2.24, 2.45) is 0 Å². The molecule has 0 saturated heterocycles. The summed E-state index contributed by atoms with van der Waals surface area (Å²) < 4.78 is 79.4. The van der Waals surface area contributed by atoms with Crippen LogP contribution < -0.4 is 0 Å². The molecule has 0 spiro atoms. The summed E-state index contributed by atoms with van der Waals surface area (Å²) in [6.07, 6.45) is 5.38. The summed E-state index contributed by atoms with van der Waals surface area (Å²) in [5.74, 6) is 0.591. The second-order valence-corrected chi connectivity index (χ2v) is 22.9. The lowest BCUT2D eigenvalue weighted by Crippen LogP contribution is -2.25. The first-order valence-corrected chi connectivity index (χ1v) is 26.6. The number of phenols is 1. The Morgan fingerprint density at radius 1 is 0.575 bits per heavy atom. The molecule has 8 aromatic rings. The van der Waals surface area contributed by atoms with E-state index in [2.05, 4.69) is 139 Å². The van der Waals surface area contributed by atoms with E-state index in [1.807, 2.05) is 53.1 Å². The minimum absolute atomic E-state index is 0.0325. The van der Waals surface area contributed by atoms with Gasteiger partial charge in [-0.2, -0.15) is 0 Å². The van der Waals surface area contributed by atoms with Gasteiger partial charge in [-0.05, 0) is 181 Å². The van der Waals surface area contributed by atoms with Crippen molar-refractivity contribution in [3.8, 4) is 67.5 Å². The molecule has 0 fully saturated rings. The zero-order valence-electron chi connectivity index (χ0n) is 54.9. The molecule has 6 aromatic carbocycles. The lowest BCUT2D eigenvalue weighted by atomic mass is 9.68. The van der Waals surface area contributed by atoms with E-state index in [1.165, 1.54) is 18.1 Å². The van der Waals surface area contributed by atoms with Crippen LogP contribution in [0.2, 0.25) is 0 Å². The molecule has 0 amide bonds. The van der Waals surface area contributed by atoms with Gasteiger partial charge < -0.3 is 5.11 Å². The van der Waals surface area contributed by atoms with Crippen molar-refractivity contribution in [2.75, 3.05) is 0 Å². The van der Waals surface area contributed by atoms with Crippen molar-refractivity contribution in [1.29, 1.82) is 0 Å². The molecule has 0 radical (unpaired) electrons. The molecule has 380 valence electrons. The van der Waals surface area contributed by atoms with Crippen molar-refractivity contribution < 1.29 is 17.4 Å². The van der Waals surface area contributed by atoms with Crippen LogP contribution in [-0.2, 0) is 21.7 Å². The largest absolute Gasteiger partial charge is 0.507 e. The third-order valence-electron chi connectivity index (χ3n) is 16.4. The van der Waals surface area contributed by atoms with Gasteiger partial charge in [-0.3, -0.25) is 9.55 Å². The molecule has 0 unspecified atom stereocenters. The number of benzene rings is 6. The second kappa shape index (κ2) is 20.2. The Kier molecular flexibility index (Phi) is 11.7. The molecular formula is C69H83N3O. The third-order valence-corrected chi connectivity index (χ3v) is 16.4. The lowest BCUT2D eigenvalue weighted by molar-refractivity contribution is 0.426. The van der Waals surface area contributed by atoms with Crippen molar-refractivity contribution >= 4 is 11.0 Å². The van der Waals surface area contributed by atoms with Gasteiger partial charge >= 0.3 is 0 Å². The molecule has 2 heterocycles. The Bertz CT molecular complexity index is 3590. The molecule has 0 aliphatic rings. The molecule has 1 N–H and O–H groups in total. The number of hydrogen-bond acceptors (Lipinski definition) is 3. The topological polar surface area (TPSA) is 50.9 Å². The van der Waals surface area contributed by atoms with Gasteiger partial charge in [0.2, 0.25) is 0 Å². The van der Waals surface area contributed by atoms with Crippen molar-refractivity contribution in [1.82, 2.24) is 14.5 Å². The van der Waals surface area contributed by atoms with E-state index in [4.69, 9.17) is 18.2 Å². The Morgan fingerprint density at radius 2 is 1.21 bits per heavy atom. The summed E-state index contributed by atoms with van der Waals surface area (Å²) in [5, 5.41) is 12.5. The van der Waals surface area contributed by atoms with Crippen LogP contribution >= 0.6 is 0 Å². The number of fused-ring (bicyclic) bond motifs is 1. The van der Waals surface area contributed by atoms with E-state index in [0.29, 0.717) is 33.8 Å². The SMILES string of the molecule is [2H]C([2H])([2H])c1cc(-c2c(C(C)(CC)CC)cccc2C(C)(CC)CC)ccc1-n1c(-c2cc(C(C)C)cc(C(C)C)c2O)nc2c(-c3cc(-c4cc(-c5ccc(C(C)(C([2H])([2H])[2H])C([2H])([2H])[2H])cc5)ccn4)cc(C(C)(C)C)c3)cccc21. The molecule has 0 saturated carbocycles. The van der Waals surface area contributed by atoms with Crippen LogP contribution in [0, 0.1) is 6.85 Å². The minimum Gasteiger partial charge on any atom is -0.507 e. The van der Waals surface area contributed by atoms with E-state index in [1.54, 1.807) is 30.5 Å². The number of aromatic hydroxyl groups is 1. The number of phenolic OH excluding ortho intramolecular Hbond substituents is 1. The second-order valence-electron chi connectivity index (χ2n) is 22.9. The van der Waals surface area contributed by atoms with E-state index in [0.717, 1.165) is 81.3 Å². The fourth-order valence-corrected chi connectivity index (χ4v) is 10.5. The number of aromatic nitrogens is 3. The zero-order valence-corrected chi connectivity index (χ0v) is 45.9. The Balaban J connectivity index is 1.41. The highest BCUT2D eigenvalue weighted by Gasteiger charge is 2.33. The van der Waals surface area contributed by atoms with Gasteiger partial charge in [-0.1, -0.05) is 183 Å². The van der Waals surface area contributed by atoms with Gasteiger partial charge in [0.25, 0.3) is 0 Å². The van der Waals surface area contributed by atoms with Gasteiger partial charge in [-0.25, -0.2) is 4.98 Å². The summed E-state index contributed by atoms with van der Waals surface area (Å²) in [6, 6.07) is 39.7. The smallest absolute Gasteiger partial charge is 0.149 e.